The lowest BCUT2D eigenvalue weighted by molar-refractivity contribution is -0.384. The van der Waals surface area contributed by atoms with Crippen molar-refractivity contribution in [1.82, 2.24) is 0 Å². The molecule has 0 unspecified atom stereocenters. The van der Waals surface area contributed by atoms with Crippen molar-refractivity contribution in [3.8, 4) is 0 Å². The van der Waals surface area contributed by atoms with Crippen LogP contribution in [0.15, 0.2) is 29.8 Å². The number of rotatable bonds is 2. The Morgan fingerprint density at radius 1 is 1.41 bits per heavy atom. The predicted molar refractivity (Wildman–Crippen MR) is 61.2 cm³/mol. The summed E-state index contributed by atoms with van der Waals surface area (Å²) in [5.41, 5.74) is 1.40. The van der Waals surface area contributed by atoms with Gasteiger partial charge in [-0.25, -0.2) is 4.79 Å². The van der Waals surface area contributed by atoms with Crippen LogP contribution in [0.4, 0.5) is 5.69 Å². The fraction of sp³-hybridized carbons (Fsp3) is 0.250. The molecule has 1 heterocycles. The van der Waals surface area contributed by atoms with Gasteiger partial charge in [0, 0.05) is 24.1 Å². The average molecular weight is 233 g/mol. The number of nitro groups is 1. The first kappa shape index (κ1) is 11.3. The quantitative estimate of drug-likeness (QED) is 0.340. The first-order valence-corrected chi connectivity index (χ1v) is 5.22. The fourth-order valence-electron chi connectivity index (χ4n) is 1.70. The lowest BCUT2D eigenvalue weighted by atomic mass is 10.1. The monoisotopic (exact) mass is 233 g/mol. The molecular weight excluding hydrogens is 222 g/mol. The minimum Gasteiger partial charge on any atom is -0.459 e. The van der Waals surface area contributed by atoms with Crippen molar-refractivity contribution in [1.29, 1.82) is 0 Å². The zero-order chi connectivity index (χ0) is 12.4. The van der Waals surface area contributed by atoms with Crippen molar-refractivity contribution >= 4 is 17.7 Å². The highest BCUT2D eigenvalue weighted by Crippen LogP contribution is 2.23. The van der Waals surface area contributed by atoms with Crippen LogP contribution < -0.4 is 0 Å². The molecule has 1 aliphatic heterocycles. The van der Waals surface area contributed by atoms with Gasteiger partial charge in [-0.05, 0) is 30.7 Å². The summed E-state index contributed by atoms with van der Waals surface area (Å²) in [7, 11) is 0. The second-order valence-electron chi connectivity index (χ2n) is 3.94. The average Bonchev–Trinajstić information content (AvgIpc) is 2.58. The molecule has 0 bridgehead atoms. The van der Waals surface area contributed by atoms with E-state index in [1.54, 1.807) is 18.2 Å². The highest BCUT2D eigenvalue weighted by Gasteiger charge is 2.25. The third-order valence-corrected chi connectivity index (χ3v) is 2.52. The van der Waals surface area contributed by atoms with Crippen molar-refractivity contribution in [2.75, 3.05) is 0 Å². The molecule has 5 heteroatoms. The lowest BCUT2D eigenvalue weighted by Gasteiger charge is -1.95. The Morgan fingerprint density at radius 3 is 2.53 bits per heavy atom. The van der Waals surface area contributed by atoms with E-state index in [9.17, 15) is 14.9 Å². The van der Waals surface area contributed by atoms with Gasteiger partial charge in [-0.15, -0.1) is 0 Å². The smallest absolute Gasteiger partial charge is 0.334 e. The van der Waals surface area contributed by atoms with Crippen molar-refractivity contribution in [3.63, 3.8) is 0 Å². The molecule has 0 amide bonds. The molecule has 0 aliphatic carbocycles. The Balaban J connectivity index is 2.21. The highest BCUT2D eigenvalue weighted by molar-refractivity contribution is 5.95. The van der Waals surface area contributed by atoms with E-state index >= 15 is 0 Å². The van der Waals surface area contributed by atoms with E-state index < -0.39 is 4.92 Å². The molecule has 17 heavy (non-hydrogen) atoms. The number of esters is 1. The van der Waals surface area contributed by atoms with Gasteiger partial charge in [0.05, 0.1) is 4.92 Å². The van der Waals surface area contributed by atoms with E-state index in [2.05, 4.69) is 0 Å². The van der Waals surface area contributed by atoms with Crippen molar-refractivity contribution < 1.29 is 14.5 Å². The third-order valence-electron chi connectivity index (χ3n) is 2.52. The zero-order valence-corrected chi connectivity index (χ0v) is 9.25. The summed E-state index contributed by atoms with van der Waals surface area (Å²) < 4.78 is 4.99. The van der Waals surface area contributed by atoms with Gasteiger partial charge in [-0.1, -0.05) is 0 Å². The maximum absolute atomic E-state index is 11.4. The number of nitrogens with zero attached hydrogens (tertiary/aromatic N) is 1. The summed E-state index contributed by atoms with van der Waals surface area (Å²) in [6, 6.07) is 6.05. The second kappa shape index (κ2) is 4.37. The Hall–Kier alpha value is -2.17. The maximum Gasteiger partial charge on any atom is 0.334 e. The molecule has 1 aromatic carbocycles. The van der Waals surface area contributed by atoms with E-state index in [0.717, 1.165) is 5.56 Å². The molecule has 0 aromatic heterocycles. The number of ether oxygens (including phenoxy) is 1. The largest absolute Gasteiger partial charge is 0.459 e. The van der Waals surface area contributed by atoms with Crippen LogP contribution in [0.5, 0.6) is 0 Å². The van der Waals surface area contributed by atoms with E-state index in [4.69, 9.17) is 4.74 Å². The molecule has 5 nitrogen and oxygen atoms in total. The van der Waals surface area contributed by atoms with Gasteiger partial charge in [-0.3, -0.25) is 10.1 Å². The van der Waals surface area contributed by atoms with Crippen LogP contribution >= 0.6 is 0 Å². The van der Waals surface area contributed by atoms with Gasteiger partial charge in [-0.2, -0.15) is 0 Å². The first-order valence-electron chi connectivity index (χ1n) is 5.22. The molecule has 88 valence electrons. The Bertz CT molecular complexity index is 490. The van der Waals surface area contributed by atoms with E-state index in [-0.39, 0.29) is 17.8 Å². The topological polar surface area (TPSA) is 69.4 Å². The molecule has 0 radical (unpaired) electrons. The molecule has 0 saturated carbocycles. The maximum atomic E-state index is 11.4. The minimum absolute atomic E-state index is 0.0366. The number of carbonyl (C=O) groups excluding carboxylic acids is 1. The van der Waals surface area contributed by atoms with Gasteiger partial charge in [0.2, 0.25) is 0 Å². The molecule has 1 aromatic rings. The van der Waals surface area contributed by atoms with Crippen molar-refractivity contribution in [2.24, 2.45) is 0 Å². The van der Waals surface area contributed by atoms with Crippen LogP contribution in [0.25, 0.3) is 6.08 Å². The van der Waals surface area contributed by atoms with Crippen LogP contribution in [0, 0.1) is 10.1 Å². The first-order chi connectivity index (χ1) is 8.06. The molecule has 1 atom stereocenters. The van der Waals surface area contributed by atoms with Crippen molar-refractivity contribution in [3.05, 3.63) is 45.5 Å². The zero-order valence-electron chi connectivity index (χ0n) is 9.25. The summed E-state index contributed by atoms with van der Waals surface area (Å²) in [5.74, 6) is -0.309. The van der Waals surface area contributed by atoms with Crippen LogP contribution in [0.1, 0.15) is 18.9 Å². The predicted octanol–water partition coefficient (Wildman–Crippen LogP) is 2.31. The number of nitro benzene ring substituents is 1. The number of hydrogen-bond donors (Lipinski definition) is 0. The summed E-state index contributed by atoms with van der Waals surface area (Å²) in [5, 5.41) is 10.5. The Labute approximate surface area is 97.9 Å². The Kier molecular flexibility index (Phi) is 2.91. The summed E-state index contributed by atoms with van der Waals surface area (Å²) in [6.07, 6.45) is 2.19. The van der Waals surface area contributed by atoms with E-state index in [1.807, 2.05) is 6.92 Å². The van der Waals surface area contributed by atoms with Crippen LogP contribution in [-0.4, -0.2) is 17.0 Å². The summed E-state index contributed by atoms with van der Waals surface area (Å²) >= 11 is 0. The molecule has 0 N–H and O–H groups in total. The number of cyclic esters (lactones) is 1. The molecule has 2 rings (SSSR count). The Morgan fingerprint density at radius 2 is 2.06 bits per heavy atom. The number of carbonyl (C=O) groups is 1. The molecular formula is C12H11NO4. The molecule has 1 fully saturated rings. The van der Waals surface area contributed by atoms with Crippen LogP contribution in [0.2, 0.25) is 0 Å². The number of non-ortho nitro benzene ring substituents is 1. The van der Waals surface area contributed by atoms with Crippen molar-refractivity contribution in [2.45, 2.75) is 19.4 Å². The van der Waals surface area contributed by atoms with Gasteiger partial charge < -0.3 is 4.74 Å². The van der Waals surface area contributed by atoms with E-state index in [1.165, 1.54) is 12.1 Å². The standard InChI is InChI=1S/C12H11NO4/c1-8-6-10(12(14)17-8)7-9-2-4-11(5-3-9)13(15)16/h2-5,7-8H,6H2,1H3/b10-7-/t8-/m1/s1. The summed E-state index contributed by atoms with van der Waals surface area (Å²) in [6.45, 7) is 1.83. The normalized spacial score (nSPS) is 21.6. The lowest BCUT2D eigenvalue weighted by Crippen LogP contribution is -1.99. The van der Waals surface area contributed by atoms with Gasteiger partial charge in [0.15, 0.2) is 0 Å². The van der Waals surface area contributed by atoms with Gasteiger partial charge in [0.25, 0.3) is 5.69 Å². The highest BCUT2D eigenvalue weighted by atomic mass is 16.6. The molecule has 1 saturated heterocycles. The second-order valence-corrected chi connectivity index (χ2v) is 3.94. The number of benzene rings is 1. The van der Waals surface area contributed by atoms with E-state index in [0.29, 0.717) is 12.0 Å². The van der Waals surface area contributed by atoms with Crippen LogP contribution in [-0.2, 0) is 9.53 Å². The summed E-state index contributed by atoms with van der Waals surface area (Å²) in [4.78, 5) is 21.4. The third kappa shape index (κ3) is 2.50. The van der Waals surface area contributed by atoms with Gasteiger partial charge >= 0.3 is 5.97 Å². The minimum atomic E-state index is -0.456. The number of hydrogen-bond acceptors (Lipinski definition) is 4. The molecule has 1 aliphatic rings. The van der Waals surface area contributed by atoms with Gasteiger partial charge in [0.1, 0.15) is 6.10 Å². The van der Waals surface area contributed by atoms with Crippen LogP contribution in [0.3, 0.4) is 0 Å². The fourth-order valence-corrected chi connectivity index (χ4v) is 1.70. The SMILES string of the molecule is C[C@@H]1C/C(=C/c2ccc([N+](=O)[O-])cc2)C(=O)O1. The molecule has 0 spiro atoms.